The molecular formula is C19H9ClF6N4. The van der Waals surface area contributed by atoms with Gasteiger partial charge in [-0.25, -0.2) is 9.67 Å². The van der Waals surface area contributed by atoms with Gasteiger partial charge in [0.15, 0.2) is 5.82 Å². The van der Waals surface area contributed by atoms with Crippen LogP contribution in [0.3, 0.4) is 0 Å². The van der Waals surface area contributed by atoms with E-state index in [9.17, 15) is 26.3 Å². The van der Waals surface area contributed by atoms with Crippen molar-refractivity contribution in [1.82, 2.24) is 19.7 Å². The maximum Gasteiger partial charge on any atom is 0.417 e. The quantitative estimate of drug-likeness (QED) is 0.348. The Labute approximate surface area is 169 Å². The predicted molar refractivity (Wildman–Crippen MR) is 97.1 cm³/mol. The van der Waals surface area contributed by atoms with Gasteiger partial charge in [-0.15, -0.1) is 0 Å². The van der Waals surface area contributed by atoms with Gasteiger partial charge < -0.3 is 0 Å². The van der Waals surface area contributed by atoms with E-state index in [1.807, 2.05) is 0 Å². The van der Waals surface area contributed by atoms with Crippen LogP contribution in [-0.2, 0) is 12.4 Å². The maximum atomic E-state index is 13.2. The Morgan fingerprint density at radius 2 is 1.40 bits per heavy atom. The summed E-state index contributed by atoms with van der Waals surface area (Å²) in [4.78, 5) is 7.61. The van der Waals surface area contributed by atoms with Gasteiger partial charge in [-0.1, -0.05) is 41.9 Å². The smallest absolute Gasteiger partial charge is 0.252 e. The first-order valence-corrected chi connectivity index (χ1v) is 8.68. The van der Waals surface area contributed by atoms with Gasteiger partial charge in [0.1, 0.15) is 11.2 Å². The zero-order valence-corrected chi connectivity index (χ0v) is 15.4. The van der Waals surface area contributed by atoms with E-state index < -0.39 is 28.5 Å². The third-order valence-electron chi connectivity index (χ3n) is 4.24. The lowest BCUT2D eigenvalue weighted by Crippen LogP contribution is -2.09. The van der Waals surface area contributed by atoms with E-state index >= 15 is 0 Å². The van der Waals surface area contributed by atoms with Crippen molar-refractivity contribution in [3.63, 3.8) is 0 Å². The minimum atomic E-state index is -4.68. The molecule has 3 heterocycles. The summed E-state index contributed by atoms with van der Waals surface area (Å²) in [6.45, 7) is 0. The highest BCUT2D eigenvalue weighted by atomic mass is 35.5. The van der Waals surface area contributed by atoms with Crippen molar-refractivity contribution in [2.24, 2.45) is 0 Å². The Kier molecular flexibility index (Phi) is 4.69. The zero-order chi connectivity index (χ0) is 21.7. The SMILES string of the molecule is FC(F)(F)c1cnc(-n2nc(-c3ccccc3)c3ncc(C(F)(F)F)cc32)c(Cl)c1. The Bertz CT molecular complexity index is 1230. The highest BCUT2D eigenvalue weighted by Crippen LogP contribution is 2.36. The summed E-state index contributed by atoms with van der Waals surface area (Å²) in [6, 6.07) is 9.94. The Morgan fingerprint density at radius 1 is 0.800 bits per heavy atom. The van der Waals surface area contributed by atoms with Crippen LogP contribution in [0.4, 0.5) is 26.3 Å². The molecule has 4 rings (SSSR count). The molecule has 0 aliphatic heterocycles. The van der Waals surface area contributed by atoms with E-state index in [1.165, 1.54) is 0 Å². The second-order valence-corrected chi connectivity index (χ2v) is 6.65. The van der Waals surface area contributed by atoms with Crippen LogP contribution in [0.1, 0.15) is 11.1 Å². The second-order valence-electron chi connectivity index (χ2n) is 6.24. The lowest BCUT2D eigenvalue weighted by atomic mass is 10.1. The average Bonchev–Trinajstić information content (AvgIpc) is 3.06. The number of fused-ring (bicyclic) bond motifs is 1. The molecule has 0 N–H and O–H groups in total. The van der Waals surface area contributed by atoms with Crippen LogP contribution in [0.5, 0.6) is 0 Å². The van der Waals surface area contributed by atoms with Gasteiger partial charge in [-0.3, -0.25) is 4.98 Å². The molecular weight excluding hydrogens is 434 g/mol. The lowest BCUT2D eigenvalue weighted by Gasteiger charge is -2.10. The number of rotatable bonds is 2. The van der Waals surface area contributed by atoms with Crippen molar-refractivity contribution in [3.8, 4) is 17.1 Å². The molecule has 0 bridgehead atoms. The van der Waals surface area contributed by atoms with Gasteiger partial charge in [-0.2, -0.15) is 31.4 Å². The normalized spacial score (nSPS) is 12.5. The Morgan fingerprint density at radius 3 is 2.00 bits per heavy atom. The van der Waals surface area contributed by atoms with Crippen molar-refractivity contribution < 1.29 is 26.3 Å². The van der Waals surface area contributed by atoms with Gasteiger partial charge >= 0.3 is 12.4 Å². The van der Waals surface area contributed by atoms with Crippen LogP contribution in [0.2, 0.25) is 5.02 Å². The standard InChI is InChI=1S/C19H9ClF6N4/c20-13-6-11(18(21,22)23)9-28-17(13)30-14-7-12(19(24,25)26)8-27-16(14)15(29-30)10-4-2-1-3-5-10/h1-9H. The molecule has 0 unspecified atom stereocenters. The maximum absolute atomic E-state index is 13.2. The van der Waals surface area contributed by atoms with E-state index in [0.29, 0.717) is 24.0 Å². The molecule has 0 amide bonds. The van der Waals surface area contributed by atoms with Crippen LogP contribution in [0.25, 0.3) is 28.1 Å². The zero-order valence-electron chi connectivity index (χ0n) is 14.6. The fraction of sp³-hybridized carbons (Fsp3) is 0.105. The molecule has 0 atom stereocenters. The number of hydrogen-bond acceptors (Lipinski definition) is 3. The van der Waals surface area contributed by atoms with Crippen LogP contribution in [-0.4, -0.2) is 19.7 Å². The molecule has 4 aromatic rings. The summed E-state index contributed by atoms with van der Waals surface area (Å²) in [5.41, 5.74) is -1.33. The van der Waals surface area contributed by atoms with Crippen molar-refractivity contribution >= 4 is 22.6 Å². The van der Waals surface area contributed by atoms with Crippen LogP contribution in [0.15, 0.2) is 54.9 Å². The summed E-state index contributed by atoms with van der Waals surface area (Å²) in [5.74, 6) is -0.252. The van der Waals surface area contributed by atoms with Gasteiger partial charge in [0.2, 0.25) is 0 Å². The summed E-state index contributed by atoms with van der Waals surface area (Å²) >= 11 is 5.99. The number of alkyl halides is 6. The van der Waals surface area contributed by atoms with E-state index in [-0.39, 0.29) is 22.5 Å². The number of pyridine rings is 2. The van der Waals surface area contributed by atoms with Crippen LogP contribution in [0, 0.1) is 0 Å². The second kappa shape index (κ2) is 6.98. The van der Waals surface area contributed by atoms with E-state index in [1.54, 1.807) is 30.3 Å². The minimum Gasteiger partial charge on any atom is -0.252 e. The average molecular weight is 443 g/mol. The summed E-state index contributed by atoms with van der Waals surface area (Å²) in [5, 5.41) is 3.84. The third-order valence-corrected chi connectivity index (χ3v) is 4.52. The molecule has 4 nitrogen and oxygen atoms in total. The Balaban J connectivity index is 1.99. The molecule has 0 saturated carbocycles. The highest BCUT2D eigenvalue weighted by Gasteiger charge is 2.34. The first kappa shape index (κ1) is 20.1. The molecule has 0 aliphatic rings. The van der Waals surface area contributed by atoms with Gasteiger partial charge in [-0.05, 0) is 12.1 Å². The molecule has 1 aromatic carbocycles. The first-order valence-electron chi connectivity index (χ1n) is 8.30. The van der Waals surface area contributed by atoms with Crippen molar-refractivity contribution in [3.05, 3.63) is 71.0 Å². The number of halogens is 7. The molecule has 30 heavy (non-hydrogen) atoms. The molecule has 0 aliphatic carbocycles. The number of aromatic nitrogens is 4. The molecule has 11 heteroatoms. The molecule has 0 radical (unpaired) electrons. The molecule has 0 fully saturated rings. The topological polar surface area (TPSA) is 43.6 Å². The summed E-state index contributed by atoms with van der Waals surface area (Å²) < 4.78 is 79.3. The predicted octanol–water partition coefficient (Wildman–Crippen LogP) is 6.17. The largest absolute Gasteiger partial charge is 0.417 e. The molecule has 0 saturated heterocycles. The van der Waals surface area contributed by atoms with Crippen LogP contribution < -0.4 is 0 Å². The molecule has 0 spiro atoms. The van der Waals surface area contributed by atoms with E-state index in [4.69, 9.17) is 11.6 Å². The summed E-state index contributed by atoms with van der Waals surface area (Å²) in [7, 11) is 0. The monoisotopic (exact) mass is 442 g/mol. The third kappa shape index (κ3) is 3.58. The highest BCUT2D eigenvalue weighted by molar-refractivity contribution is 6.32. The van der Waals surface area contributed by atoms with Crippen molar-refractivity contribution in [2.75, 3.05) is 0 Å². The minimum absolute atomic E-state index is 0.0992. The number of nitrogens with zero attached hydrogens (tertiary/aromatic N) is 4. The number of hydrogen-bond donors (Lipinski definition) is 0. The lowest BCUT2D eigenvalue weighted by molar-refractivity contribution is -0.138. The first-order chi connectivity index (χ1) is 14.1. The summed E-state index contributed by atoms with van der Waals surface area (Å²) in [6.07, 6.45) is -8.15. The molecule has 154 valence electrons. The van der Waals surface area contributed by atoms with Crippen molar-refractivity contribution in [1.29, 1.82) is 0 Å². The van der Waals surface area contributed by atoms with Crippen LogP contribution >= 0.6 is 11.6 Å². The van der Waals surface area contributed by atoms with E-state index in [0.717, 1.165) is 10.7 Å². The van der Waals surface area contributed by atoms with Gasteiger partial charge in [0.05, 0.1) is 21.7 Å². The molecule has 3 aromatic heterocycles. The van der Waals surface area contributed by atoms with Gasteiger partial charge in [0.25, 0.3) is 0 Å². The van der Waals surface area contributed by atoms with E-state index in [2.05, 4.69) is 15.1 Å². The Hall–Kier alpha value is -3.14. The number of benzene rings is 1. The fourth-order valence-electron chi connectivity index (χ4n) is 2.85. The fourth-order valence-corrected chi connectivity index (χ4v) is 3.09. The van der Waals surface area contributed by atoms with Crippen molar-refractivity contribution in [2.45, 2.75) is 12.4 Å². The van der Waals surface area contributed by atoms with Gasteiger partial charge in [0, 0.05) is 18.0 Å².